The summed E-state index contributed by atoms with van der Waals surface area (Å²) in [5.41, 5.74) is 2.32. The average Bonchev–Trinajstić information content (AvgIpc) is 2.39. The Hall–Kier alpha value is -1.41. The van der Waals surface area contributed by atoms with Crippen LogP contribution in [0.2, 0.25) is 0 Å². The normalized spacial score (nSPS) is 24.3. The number of nitrogens with zero attached hydrogens (tertiary/aromatic N) is 1. The molecule has 2 unspecified atom stereocenters. The third-order valence-electron chi connectivity index (χ3n) is 3.87. The molecule has 0 saturated carbocycles. The van der Waals surface area contributed by atoms with E-state index in [1.807, 2.05) is 0 Å². The number of rotatable bonds is 2. The zero-order chi connectivity index (χ0) is 12.4. The molecular formula is C16H20N2. The van der Waals surface area contributed by atoms with Crippen LogP contribution in [0.15, 0.2) is 36.4 Å². The first-order valence-corrected chi connectivity index (χ1v) is 6.89. The van der Waals surface area contributed by atoms with Gasteiger partial charge in [-0.25, -0.2) is 0 Å². The standard InChI is InChI=1S/C16H20N2/c1-12-8-9-17-15(10-12)11-14-7-6-13-4-2-3-5-16(13)18-14/h2-7,12,15,17H,8-11H2,1H3. The van der Waals surface area contributed by atoms with E-state index in [4.69, 9.17) is 4.98 Å². The lowest BCUT2D eigenvalue weighted by atomic mass is 9.92. The van der Waals surface area contributed by atoms with Crippen molar-refractivity contribution >= 4 is 10.9 Å². The molecule has 3 rings (SSSR count). The van der Waals surface area contributed by atoms with Crippen LogP contribution in [-0.2, 0) is 6.42 Å². The smallest absolute Gasteiger partial charge is 0.0705 e. The molecule has 2 aromatic rings. The average molecular weight is 240 g/mol. The number of pyridine rings is 1. The third-order valence-corrected chi connectivity index (χ3v) is 3.87. The molecule has 1 N–H and O–H groups in total. The number of hydrogen-bond acceptors (Lipinski definition) is 2. The van der Waals surface area contributed by atoms with Crippen LogP contribution in [-0.4, -0.2) is 17.6 Å². The van der Waals surface area contributed by atoms with E-state index in [0.717, 1.165) is 24.4 Å². The topological polar surface area (TPSA) is 24.9 Å². The van der Waals surface area contributed by atoms with E-state index in [2.05, 4.69) is 48.6 Å². The lowest BCUT2D eigenvalue weighted by Gasteiger charge is -2.28. The van der Waals surface area contributed by atoms with E-state index in [1.54, 1.807) is 0 Å². The summed E-state index contributed by atoms with van der Waals surface area (Å²) >= 11 is 0. The summed E-state index contributed by atoms with van der Waals surface area (Å²) in [4.78, 5) is 4.75. The molecule has 1 saturated heterocycles. The van der Waals surface area contributed by atoms with Crippen LogP contribution in [0.4, 0.5) is 0 Å². The van der Waals surface area contributed by atoms with Crippen molar-refractivity contribution in [2.45, 2.75) is 32.2 Å². The van der Waals surface area contributed by atoms with Crippen molar-refractivity contribution in [3.8, 4) is 0 Å². The zero-order valence-corrected chi connectivity index (χ0v) is 10.9. The summed E-state index contributed by atoms with van der Waals surface area (Å²) in [7, 11) is 0. The highest BCUT2D eigenvalue weighted by molar-refractivity contribution is 5.78. The summed E-state index contributed by atoms with van der Waals surface area (Å²) < 4.78 is 0. The Labute approximate surface area is 108 Å². The van der Waals surface area contributed by atoms with Gasteiger partial charge in [-0.2, -0.15) is 0 Å². The maximum absolute atomic E-state index is 4.75. The zero-order valence-electron chi connectivity index (χ0n) is 10.9. The minimum Gasteiger partial charge on any atom is -0.314 e. The molecule has 0 radical (unpaired) electrons. The number of para-hydroxylation sites is 1. The van der Waals surface area contributed by atoms with Crippen LogP contribution in [0.5, 0.6) is 0 Å². The van der Waals surface area contributed by atoms with Crippen LogP contribution in [0.1, 0.15) is 25.5 Å². The van der Waals surface area contributed by atoms with E-state index in [9.17, 15) is 0 Å². The van der Waals surface area contributed by atoms with Gasteiger partial charge in [0, 0.05) is 23.5 Å². The lowest BCUT2D eigenvalue weighted by molar-refractivity contribution is 0.317. The number of piperidine rings is 1. The van der Waals surface area contributed by atoms with Gasteiger partial charge in [0.1, 0.15) is 0 Å². The number of nitrogens with one attached hydrogen (secondary N) is 1. The van der Waals surface area contributed by atoms with E-state index in [1.165, 1.54) is 23.9 Å². The molecule has 1 fully saturated rings. The SMILES string of the molecule is CC1CCNC(Cc2ccc3ccccc3n2)C1. The van der Waals surface area contributed by atoms with Crippen LogP contribution in [0.3, 0.4) is 0 Å². The Bertz CT molecular complexity index is 535. The molecule has 2 nitrogen and oxygen atoms in total. The molecule has 0 spiro atoms. The van der Waals surface area contributed by atoms with Gasteiger partial charge in [-0.3, -0.25) is 4.98 Å². The fourth-order valence-electron chi connectivity index (χ4n) is 2.85. The molecular weight excluding hydrogens is 220 g/mol. The van der Waals surface area contributed by atoms with Gasteiger partial charge < -0.3 is 5.32 Å². The molecule has 0 amide bonds. The Morgan fingerprint density at radius 2 is 2.11 bits per heavy atom. The first-order valence-electron chi connectivity index (χ1n) is 6.89. The van der Waals surface area contributed by atoms with E-state index >= 15 is 0 Å². The Morgan fingerprint density at radius 3 is 3.00 bits per heavy atom. The third kappa shape index (κ3) is 2.54. The van der Waals surface area contributed by atoms with Crippen molar-refractivity contribution in [1.82, 2.24) is 10.3 Å². The number of hydrogen-bond donors (Lipinski definition) is 1. The molecule has 94 valence electrons. The monoisotopic (exact) mass is 240 g/mol. The minimum absolute atomic E-state index is 0.599. The van der Waals surface area contributed by atoms with Gasteiger partial charge in [0.05, 0.1) is 5.52 Å². The quantitative estimate of drug-likeness (QED) is 0.872. The fraction of sp³-hybridized carbons (Fsp3) is 0.438. The van der Waals surface area contributed by atoms with Crippen LogP contribution in [0, 0.1) is 5.92 Å². The summed E-state index contributed by atoms with van der Waals surface area (Å²) in [5, 5.41) is 4.83. The second kappa shape index (κ2) is 5.07. The van der Waals surface area contributed by atoms with Crippen LogP contribution in [0.25, 0.3) is 10.9 Å². The van der Waals surface area contributed by atoms with E-state index in [-0.39, 0.29) is 0 Å². The molecule has 1 aliphatic heterocycles. The highest BCUT2D eigenvalue weighted by Gasteiger charge is 2.18. The number of aromatic nitrogens is 1. The molecule has 2 heteroatoms. The Kier molecular flexibility index (Phi) is 3.28. The lowest BCUT2D eigenvalue weighted by Crippen LogP contribution is -2.38. The summed E-state index contributed by atoms with van der Waals surface area (Å²) in [6.07, 6.45) is 3.63. The first-order chi connectivity index (χ1) is 8.81. The van der Waals surface area contributed by atoms with Gasteiger partial charge >= 0.3 is 0 Å². The first kappa shape index (κ1) is 11.7. The van der Waals surface area contributed by atoms with Gasteiger partial charge in [-0.1, -0.05) is 31.2 Å². The van der Waals surface area contributed by atoms with Crippen LogP contribution >= 0.6 is 0 Å². The maximum atomic E-state index is 4.75. The van der Waals surface area contributed by atoms with Gasteiger partial charge in [-0.15, -0.1) is 0 Å². The largest absolute Gasteiger partial charge is 0.314 e. The van der Waals surface area contributed by atoms with Gasteiger partial charge in [-0.05, 0) is 37.4 Å². The molecule has 1 aromatic carbocycles. The van der Waals surface area contributed by atoms with Crippen molar-refractivity contribution in [3.05, 3.63) is 42.1 Å². The summed E-state index contributed by atoms with van der Waals surface area (Å²) in [5.74, 6) is 0.844. The second-order valence-corrected chi connectivity index (χ2v) is 5.48. The molecule has 2 atom stereocenters. The Morgan fingerprint density at radius 1 is 1.22 bits per heavy atom. The predicted molar refractivity (Wildman–Crippen MR) is 75.6 cm³/mol. The Balaban J connectivity index is 1.78. The molecule has 2 heterocycles. The van der Waals surface area contributed by atoms with Gasteiger partial charge in [0.2, 0.25) is 0 Å². The molecule has 1 aliphatic rings. The summed E-state index contributed by atoms with van der Waals surface area (Å²) in [6, 6.07) is 13.3. The van der Waals surface area contributed by atoms with Crippen molar-refractivity contribution in [1.29, 1.82) is 0 Å². The molecule has 18 heavy (non-hydrogen) atoms. The van der Waals surface area contributed by atoms with Crippen molar-refractivity contribution in [3.63, 3.8) is 0 Å². The maximum Gasteiger partial charge on any atom is 0.0705 e. The summed E-state index contributed by atoms with van der Waals surface area (Å²) in [6.45, 7) is 3.50. The second-order valence-electron chi connectivity index (χ2n) is 5.48. The highest BCUT2D eigenvalue weighted by Crippen LogP contribution is 2.19. The highest BCUT2D eigenvalue weighted by atomic mass is 14.9. The molecule has 0 bridgehead atoms. The van der Waals surface area contributed by atoms with Crippen molar-refractivity contribution < 1.29 is 0 Å². The fourth-order valence-corrected chi connectivity index (χ4v) is 2.85. The molecule has 1 aromatic heterocycles. The number of fused-ring (bicyclic) bond motifs is 1. The van der Waals surface area contributed by atoms with Crippen molar-refractivity contribution in [2.75, 3.05) is 6.54 Å². The molecule has 0 aliphatic carbocycles. The van der Waals surface area contributed by atoms with E-state index < -0.39 is 0 Å². The van der Waals surface area contributed by atoms with Crippen LogP contribution < -0.4 is 5.32 Å². The van der Waals surface area contributed by atoms with Crippen molar-refractivity contribution in [2.24, 2.45) is 5.92 Å². The number of benzene rings is 1. The predicted octanol–water partition coefficient (Wildman–Crippen LogP) is 3.17. The van der Waals surface area contributed by atoms with E-state index in [0.29, 0.717) is 6.04 Å². The van der Waals surface area contributed by atoms with Gasteiger partial charge in [0.25, 0.3) is 0 Å². The minimum atomic E-state index is 0.599. The van der Waals surface area contributed by atoms with Gasteiger partial charge in [0.15, 0.2) is 0 Å².